The molecule has 1 N–H and O–H groups in total. The molecule has 0 unspecified atom stereocenters. The van der Waals surface area contributed by atoms with Crippen LogP contribution < -0.4 is 0 Å². The van der Waals surface area contributed by atoms with Crippen molar-refractivity contribution in [3.05, 3.63) is 90.8 Å². The van der Waals surface area contributed by atoms with Crippen LogP contribution in [0.3, 0.4) is 0 Å². The molecule has 3 heterocycles. The Bertz CT molecular complexity index is 1740. The number of allylic oxidation sites excluding steroid dienone is 2. The number of ketones is 1. The summed E-state index contributed by atoms with van der Waals surface area (Å²) in [6.07, 6.45) is 9.90. The normalized spacial score (nSPS) is 11.9. The number of pyridine rings is 1. The zero-order valence-corrected chi connectivity index (χ0v) is 29.7. The molecule has 239 valence electrons. The maximum absolute atomic E-state index is 11.7. The number of aliphatic hydroxyl groups is 1. The molecule has 6 nitrogen and oxygen atoms in total. The van der Waals surface area contributed by atoms with Crippen molar-refractivity contribution in [2.45, 2.75) is 79.6 Å². The molecule has 0 saturated heterocycles. The van der Waals surface area contributed by atoms with Crippen molar-refractivity contribution in [2.24, 2.45) is 11.8 Å². The summed E-state index contributed by atoms with van der Waals surface area (Å²) in [5.74, 6) is 0.547. The number of rotatable bonds is 9. The summed E-state index contributed by atoms with van der Waals surface area (Å²) in [6, 6.07) is 19.9. The molecular weight excluding hydrogens is 739 g/mol. The van der Waals surface area contributed by atoms with Gasteiger partial charge < -0.3 is 9.52 Å². The molecule has 3 aromatic heterocycles. The van der Waals surface area contributed by atoms with Crippen LogP contribution in [0.1, 0.15) is 79.7 Å². The van der Waals surface area contributed by atoms with Crippen LogP contribution in [-0.2, 0) is 30.3 Å². The first-order chi connectivity index (χ1) is 21.1. The van der Waals surface area contributed by atoms with E-state index in [-0.39, 0.29) is 48.9 Å². The topological polar surface area (TPSA) is 89.1 Å². The fourth-order valence-electron chi connectivity index (χ4n) is 5.50. The second-order valence-electron chi connectivity index (χ2n) is 12.2. The van der Waals surface area contributed by atoms with Crippen LogP contribution in [0.5, 0.6) is 0 Å². The molecule has 1 radical (unpaired) electrons. The minimum absolute atomic E-state index is 0. The van der Waals surface area contributed by atoms with E-state index in [4.69, 9.17) is 4.42 Å². The van der Waals surface area contributed by atoms with Crippen molar-refractivity contribution in [3.8, 4) is 22.6 Å². The zero-order chi connectivity index (χ0) is 31.9. The molecule has 5 aromatic rings. The Balaban J connectivity index is 0.000000297. The van der Waals surface area contributed by atoms with Gasteiger partial charge in [0.05, 0.1) is 23.4 Å². The van der Waals surface area contributed by atoms with Gasteiger partial charge in [0.15, 0.2) is 5.78 Å². The monoisotopic (exact) mass is 783 g/mol. The van der Waals surface area contributed by atoms with E-state index in [1.54, 1.807) is 18.8 Å². The summed E-state index contributed by atoms with van der Waals surface area (Å²) in [7, 11) is 0. The number of carbonyl (C=O) groups is 1. The largest absolute Gasteiger partial charge is 0.512 e. The number of fused-ring (bicyclic) bond motifs is 2. The van der Waals surface area contributed by atoms with Gasteiger partial charge in [-0.1, -0.05) is 77.6 Å². The molecule has 0 atom stereocenters. The number of benzene rings is 2. The minimum atomic E-state index is 0. The molecule has 0 aliphatic heterocycles. The summed E-state index contributed by atoms with van der Waals surface area (Å²) in [4.78, 5) is 25.3. The Morgan fingerprint density at radius 2 is 1.56 bits per heavy atom. The number of furan rings is 1. The quantitative estimate of drug-likeness (QED) is 0.0910. The van der Waals surface area contributed by atoms with Crippen LogP contribution in [0.25, 0.3) is 44.4 Å². The van der Waals surface area contributed by atoms with Gasteiger partial charge in [0.25, 0.3) is 0 Å². The third kappa shape index (κ3) is 8.53. The summed E-state index contributed by atoms with van der Waals surface area (Å²) >= 11 is 0. The van der Waals surface area contributed by atoms with E-state index in [2.05, 4.69) is 66.1 Å². The molecule has 0 fully saturated rings. The summed E-state index contributed by atoms with van der Waals surface area (Å²) < 4.78 is 5.51. The SMILES string of the molecule is CC(C)(C)c1cc(-c2cc(-c3nccc4occc34)ncn2)[c-]c2ccccc12.CCC(CC)C(=O)/C=C(\O)C(CC)CC.[Ir]. The van der Waals surface area contributed by atoms with Crippen molar-refractivity contribution in [1.82, 2.24) is 15.0 Å². The van der Waals surface area contributed by atoms with Crippen LogP contribution >= 0.6 is 0 Å². The first-order valence-corrected chi connectivity index (χ1v) is 15.7. The number of hydrogen-bond donors (Lipinski definition) is 1. The maximum Gasteiger partial charge on any atom is 0.162 e. The van der Waals surface area contributed by atoms with Gasteiger partial charge in [-0.2, -0.15) is 0 Å². The summed E-state index contributed by atoms with van der Waals surface area (Å²) in [5, 5.41) is 13.0. The first kappa shape index (κ1) is 35.8. The van der Waals surface area contributed by atoms with Crippen molar-refractivity contribution in [2.75, 3.05) is 0 Å². The van der Waals surface area contributed by atoms with E-state index < -0.39 is 0 Å². The van der Waals surface area contributed by atoms with Crippen molar-refractivity contribution in [3.63, 3.8) is 0 Å². The second kappa shape index (κ2) is 16.1. The predicted molar refractivity (Wildman–Crippen MR) is 179 cm³/mol. The third-order valence-corrected chi connectivity index (χ3v) is 8.23. The van der Waals surface area contributed by atoms with E-state index >= 15 is 0 Å². The Kier molecular flexibility index (Phi) is 12.8. The van der Waals surface area contributed by atoms with E-state index in [1.807, 2.05) is 52.0 Å². The first-order valence-electron chi connectivity index (χ1n) is 15.7. The average molecular weight is 783 g/mol. The van der Waals surface area contributed by atoms with Crippen LogP contribution in [0.4, 0.5) is 0 Å². The summed E-state index contributed by atoms with van der Waals surface area (Å²) in [6.45, 7) is 14.8. The van der Waals surface area contributed by atoms with Gasteiger partial charge in [0.1, 0.15) is 11.9 Å². The molecule has 0 saturated carbocycles. The van der Waals surface area contributed by atoms with Gasteiger partial charge in [-0.25, -0.2) is 4.98 Å². The Morgan fingerprint density at radius 3 is 2.22 bits per heavy atom. The van der Waals surface area contributed by atoms with Crippen molar-refractivity contribution in [1.29, 1.82) is 0 Å². The van der Waals surface area contributed by atoms with E-state index in [1.165, 1.54) is 17.0 Å². The van der Waals surface area contributed by atoms with Gasteiger partial charge in [-0.05, 0) is 49.3 Å². The van der Waals surface area contributed by atoms with Gasteiger partial charge >= 0.3 is 0 Å². The Labute approximate surface area is 280 Å². The third-order valence-electron chi connectivity index (χ3n) is 8.23. The van der Waals surface area contributed by atoms with E-state index in [0.717, 1.165) is 64.7 Å². The van der Waals surface area contributed by atoms with Crippen molar-refractivity contribution >= 4 is 27.5 Å². The molecule has 0 aliphatic rings. The van der Waals surface area contributed by atoms with E-state index in [0.29, 0.717) is 0 Å². The second-order valence-corrected chi connectivity index (χ2v) is 12.2. The van der Waals surface area contributed by atoms with Gasteiger partial charge in [-0.15, -0.1) is 29.1 Å². The van der Waals surface area contributed by atoms with Crippen LogP contribution in [-0.4, -0.2) is 25.8 Å². The average Bonchev–Trinajstić information content (AvgIpc) is 3.51. The van der Waals surface area contributed by atoms with Gasteiger partial charge in [0.2, 0.25) is 0 Å². The van der Waals surface area contributed by atoms with Crippen LogP contribution in [0.2, 0.25) is 0 Å². The molecule has 0 amide bonds. The molecule has 2 aromatic carbocycles. The fraction of sp³-hybridized carbons (Fsp3) is 0.368. The zero-order valence-electron chi connectivity index (χ0n) is 27.4. The van der Waals surface area contributed by atoms with Crippen LogP contribution in [0.15, 0.2) is 83.6 Å². The molecule has 0 spiro atoms. The standard InChI is InChI=1S/C25H20N3O.C13H24O2.Ir/c1-25(2,3)20-13-17(12-16-6-4-5-7-18(16)20)21-14-22(28-15-27-21)24-19-9-11-29-23(19)8-10-26-24;1-5-10(6-2)12(14)9-13(15)11(7-3)8-4;/h4-11,13-15H,1-3H3;9-11,14H,5-8H2,1-4H3;/q-1;;/b;12-9-;. The number of carbonyl (C=O) groups excluding carboxylic acids is 1. The van der Waals surface area contributed by atoms with Gasteiger partial charge in [0, 0.05) is 55.3 Å². The molecule has 45 heavy (non-hydrogen) atoms. The van der Waals surface area contributed by atoms with Gasteiger partial charge in [-0.3, -0.25) is 14.8 Å². The summed E-state index contributed by atoms with van der Waals surface area (Å²) in [5.41, 5.74) is 5.41. The maximum atomic E-state index is 11.7. The molecular formula is C38H44IrN3O3-. The Morgan fingerprint density at radius 1 is 0.889 bits per heavy atom. The number of aliphatic hydroxyl groups excluding tert-OH is 1. The molecule has 0 aliphatic carbocycles. The minimum Gasteiger partial charge on any atom is -0.512 e. The van der Waals surface area contributed by atoms with Crippen molar-refractivity contribution < 1.29 is 34.4 Å². The molecule has 0 bridgehead atoms. The fourth-order valence-corrected chi connectivity index (χ4v) is 5.50. The Hall–Kier alpha value is -3.67. The molecule has 5 rings (SSSR count). The number of aromatic nitrogens is 3. The number of hydrogen-bond acceptors (Lipinski definition) is 6. The molecule has 7 heteroatoms. The smallest absolute Gasteiger partial charge is 0.162 e. The number of nitrogens with zero attached hydrogens (tertiary/aromatic N) is 3. The van der Waals surface area contributed by atoms with Crippen LogP contribution in [0, 0.1) is 17.9 Å². The van der Waals surface area contributed by atoms with E-state index in [9.17, 15) is 9.90 Å². The predicted octanol–water partition coefficient (Wildman–Crippen LogP) is 10.1.